The van der Waals surface area contributed by atoms with Crippen molar-refractivity contribution in [1.29, 1.82) is 0 Å². The Morgan fingerprint density at radius 2 is 2.15 bits per heavy atom. The number of aliphatic hydroxyl groups excluding tert-OH is 1. The fourth-order valence-corrected chi connectivity index (χ4v) is 2.99. The number of nitrogens with two attached hydrogens (primary N) is 1. The standard InChI is InChI=1S/C19H17FN4O2/c20-16-6-13(16)19(26)24-18-5-12-3-11(4-17(21)15(12)8-23-18)14-7-22-2-1-10(14)9-25/h1-5,7-8,13,16,25H,6,9,21H2,(H,23,24,26). The van der Waals surface area contributed by atoms with Gasteiger partial charge < -0.3 is 16.2 Å². The van der Waals surface area contributed by atoms with Gasteiger partial charge in [-0.15, -0.1) is 0 Å². The van der Waals surface area contributed by atoms with Crippen LogP contribution in [0.15, 0.2) is 42.9 Å². The van der Waals surface area contributed by atoms with Crippen LogP contribution in [0.3, 0.4) is 0 Å². The van der Waals surface area contributed by atoms with E-state index in [-0.39, 0.29) is 18.9 Å². The van der Waals surface area contributed by atoms with Crippen molar-refractivity contribution < 1.29 is 14.3 Å². The van der Waals surface area contributed by atoms with E-state index in [9.17, 15) is 14.3 Å². The molecule has 0 spiro atoms. The number of nitrogen functional groups attached to an aromatic ring is 1. The number of nitrogens with one attached hydrogen (secondary N) is 1. The topological polar surface area (TPSA) is 101 Å². The van der Waals surface area contributed by atoms with Crippen LogP contribution in [0.25, 0.3) is 21.9 Å². The van der Waals surface area contributed by atoms with Crippen molar-refractivity contribution >= 4 is 28.2 Å². The van der Waals surface area contributed by atoms with Crippen LogP contribution in [0, 0.1) is 5.92 Å². The molecule has 26 heavy (non-hydrogen) atoms. The highest BCUT2D eigenvalue weighted by atomic mass is 19.1. The van der Waals surface area contributed by atoms with Gasteiger partial charge in [-0.2, -0.15) is 0 Å². The Balaban J connectivity index is 1.73. The number of anilines is 2. The van der Waals surface area contributed by atoms with E-state index < -0.39 is 12.1 Å². The highest BCUT2D eigenvalue weighted by molar-refractivity contribution is 6.00. The molecule has 3 aromatic rings. The van der Waals surface area contributed by atoms with Crippen molar-refractivity contribution in [3.63, 3.8) is 0 Å². The third kappa shape index (κ3) is 2.97. The van der Waals surface area contributed by atoms with E-state index in [1.807, 2.05) is 6.07 Å². The Morgan fingerprint density at radius 1 is 1.35 bits per heavy atom. The van der Waals surface area contributed by atoms with Gasteiger partial charge in [-0.25, -0.2) is 9.37 Å². The van der Waals surface area contributed by atoms with Gasteiger partial charge in [-0.1, -0.05) is 0 Å². The molecule has 0 radical (unpaired) electrons. The predicted octanol–water partition coefficient (Wildman–Crippen LogP) is 2.67. The number of fused-ring (bicyclic) bond motifs is 1. The predicted molar refractivity (Wildman–Crippen MR) is 96.9 cm³/mol. The molecule has 2 atom stereocenters. The van der Waals surface area contributed by atoms with Gasteiger partial charge in [0, 0.05) is 35.2 Å². The summed E-state index contributed by atoms with van der Waals surface area (Å²) in [7, 11) is 0. The fourth-order valence-electron chi connectivity index (χ4n) is 2.99. The second-order valence-electron chi connectivity index (χ2n) is 6.39. The zero-order chi connectivity index (χ0) is 18.3. The summed E-state index contributed by atoms with van der Waals surface area (Å²) in [6.07, 6.45) is 4.08. The quantitative estimate of drug-likeness (QED) is 0.627. The Labute approximate surface area is 148 Å². The first-order chi connectivity index (χ1) is 12.6. The van der Waals surface area contributed by atoms with Crippen molar-refractivity contribution in [3.8, 4) is 11.1 Å². The van der Waals surface area contributed by atoms with Crippen molar-refractivity contribution in [2.75, 3.05) is 11.1 Å². The Morgan fingerprint density at radius 3 is 2.88 bits per heavy atom. The molecule has 2 heterocycles. The average molecular weight is 352 g/mol. The Bertz CT molecular complexity index is 1010. The van der Waals surface area contributed by atoms with Gasteiger partial charge in [0.1, 0.15) is 12.0 Å². The SMILES string of the molecule is Nc1cc(-c2cnccc2CO)cc2cc(NC(=O)C3CC3F)ncc12. The van der Waals surface area contributed by atoms with Crippen molar-refractivity contribution in [3.05, 3.63) is 48.4 Å². The van der Waals surface area contributed by atoms with Gasteiger partial charge in [0.25, 0.3) is 0 Å². The maximum absolute atomic E-state index is 13.0. The van der Waals surface area contributed by atoms with Crippen LogP contribution < -0.4 is 11.1 Å². The minimum Gasteiger partial charge on any atom is -0.398 e. The number of alkyl halides is 1. The molecule has 1 amide bonds. The highest BCUT2D eigenvalue weighted by Gasteiger charge is 2.43. The lowest BCUT2D eigenvalue weighted by Crippen LogP contribution is -2.15. The van der Waals surface area contributed by atoms with E-state index in [2.05, 4.69) is 15.3 Å². The average Bonchev–Trinajstić information content (AvgIpc) is 3.38. The molecule has 4 N–H and O–H groups in total. The lowest BCUT2D eigenvalue weighted by atomic mass is 9.98. The summed E-state index contributed by atoms with van der Waals surface area (Å²) >= 11 is 0. The number of halogens is 1. The third-order valence-corrected chi connectivity index (χ3v) is 4.56. The van der Waals surface area contributed by atoms with Crippen LogP contribution in [0.4, 0.5) is 15.9 Å². The van der Waals surface area contributed by atoms with Gasteiger partial charge in [-0.05, 0) is 47.2 Å². The molecule has 2 aromatic heterocycles. The summed E-state index contributed by atoms with van der Waals surface area (Å²) in [5.74, 6) is -0.582. The number of benzene rings is 1. The summed E-state index contributed by atoms with van der Waals surface area (Å²) in [4.78, 5) is 20.2. The number of nitrogens with zero attached hydrogens (tertiary/aromatic N) is 2. The normalized spacial score (nSPS) is 18.7. The van der Waals surface area contributed by atoms with E-state index in [1.165, 1.54) is 0 Å². The molecule has 132 valence electrons. The van der Waals surface area contributed by atoms with Crippen LogP contribution in [-0.2, 0) is 11.4 Å². The monoisotopic (exact) mass is 352 g/mol. The molecular weight excluding hydrogens is 335 g/mol. The van der Waals surface area contributed by atoms with Gasteiger partial charge in [-0.3, -0.25) is 9.78 Å². The second-order valence-corrected chi connectivity index (χ2v) is 6.39. The first kappa shape index (κ1) is 16.4. The minimum atomic E-state index is -1.06. The van der Waals surface area contributed by atoms with Crippen LogP contribution >= 0.6 is 0 Å². The summed E-state index contributed by atoms with van der Waals surface area (Å²) in [5.41, 5.74) is 9.01. The molecule has 4 rings (SSSR count). The van der Waals surface area contributed by atoms with Gasteiger partial charge in [0.05, 0.1) is 12.5 Å². The highest BCUT2D eigenvalue weighted by Crippen LogP contribution is 2.35. The molecule has 6 nitrogen and oxygen atoms in total. The number of aliphatic hydroxyl groups is 1. The van der Waals surface area contributed by atoms with E-state index >= 15 is 0 Å². The molecule has 1 aromatic carbocycles. The van der Waals surface area contributed by atoms with Crippen molar-refractivity contribution in [2.45, 2.75) is 19.2 Å². The molecule has 0 bridgehead atoms. The number of pyridine rings is 2. The molecule has 1 aliphatic carbocycles. The number of amides is 1. The van der Waals surface area contributed by atoms with Gasteiger partial charge in [0.15, 0.2) is 0 Å². The largest absolute Gasteiger partial charge is 0.398 e. The maximum Gasteiger partial charge on any atom is 0.231 e. The lowest BCUT2D eigenvalue weighted by Gasteiger charge is -2.11. The summed E-state index contributed by atoms with van der Waals surface area (Å²) < 4.78 is 13.0. The van der Waals surface area contributed by atoms with Crippen LogP contribution in [0.1, 0.15) is 12.0 Å². The van der Waals surface area contributed by atoms with E-state index in [0.717, 1.165) is 27.5 Å². The lowest BCUT2D eigenvalue weighted by molar-refractivity contribution is -0.117. The van der Waals surface area contributed by atoms with E-state index in [4.69, 9.17) is 5.73 Å². The first-order valence-corrected chi connectivity index (χ1v) is 8.25. The van der Waals surface area contributed by atoms with Crippen LogP contribution in [0.5, 0.6) is 0 Å². The minimum absolute atomic E-state index is 0.112. The van der Waals surface area contributed by atoms with Gasteiger partial charge in [0.2, 0.25) is 5.91 Å². The molecule has 1 saturated carbocycles. The fraction of sp³-hybridized carbons (Fsp3) is 0.211. The Hall–Kier alpha value is -3.06. The smallest absolute Gasteiger partial charge is 0.231 e. The van der Waals surface area contributed by atoms with Crippen molar-refractivity contribution in [1.82, 2.24) is 9.97 Å². The second kappa shape index (κ2) is 6.34. The number of aromatic nitrogens is 2. The molecular formula is C19H17FN4O2. The number of carbonyl (C=O) groups excluding carboxylic acids is 1. The summed E-state index contributed by atoms with van der Waals surface area (Å²) in [5, 5.41) is 13.7. The Kier molecular flexibility index (Phi) is 4.00. The number of carbonyl (C=O) groups is 1. The molecule has 0 aliphatic heterocycles. The number of hydrogen-bond donors (Lipinski definition) is 3. The van der Waals surface area contributed by atoms with Crippen LogP contribution in [-0.4, -0.2) is 27.2 Å². The van der Waals surface area contributed by atoms with E-state index in [0.29, 0.717) is 11.5 Å². The van der Waals surface area contributed by atoms with Crippen LogP contribution in [0.2, 0.25) is 0 Å². The molecule has 2 unspecified atom stereocenters. The van der Waals surface area contributed by atoms with Crippen molar-refractivity contribution in [2.24, 2.45) is 5.92 Å². The number of hydrogen-bond acceptors (Lipinski definition) is 5. The molecule has 1 fully saturated rings. The number of rotatable bonds is 4. The van der Waals surface area contributed by atoms with E-state index in [1.54, 1.807) is 36.8 Å². The zero-order valence-electron chi connectivity index (χ0n) is 13.8. The third-order valence-electron chi connectivity index (χ3n) is 4.56. The summed E-state index contributed by atoms with van der Waals surface area (Å²) in [6.45, 7) is -0.112. The van der Waals surface area contributed by atoms with Gasteiger partial charge >= 0.3 is 0 Å². The molecule has 7 heteroatoms. The maximum atomic E-state index is 13.0. The molecule has 1 aliphatic rings. The first-order valence-electron chi connectivity index (χ1n) is 8.25. The summed E-state index contributed by atoms with van der Waals surface area (Å²) in [6, 6.07) is 7.15. The zero-order valence-corrected chi connectivity index (χ0v) is 13.8. The molecule has 0 saturated heterocycles.